The van der Waals surface area contributed by atoms with Crippen molar-refractivity contribution in [3.05, 3.63) is 18.2 Å². The summed E-state index contributed by atoms with van der Waals surface area (Å²) >= 11 is 0. The molecule has 1 rings (SSSR count). The van der Waals surface area contributed by atoms with Gasteiger partial charge in [-0.25, -0.2) is 4.98 Å². The van der Waals surface area contributed by atoms with Crippen LogP contribution >= 0.6 is 0 Å². The van der Waals surface area contributed by atoms with Crippen LogP contribution in [0.1, 0.15) is 19.2 Å². The van der Waals surface area contributed by atoms with Crippen LogP contribution in [0, 0.1) is 0 Å². The Morgan fingerprint density at radius 2 is 2.58 bits per heavy atom. The third kappa shape index (κ3) is 2.74. The lowest BCUT2D eigenvalue weighted by molar-refractivity contribution is -0.120. The summed E-state index contributed by atoms with van der Waals surface area (Å²) in [5.41, 5.74) is 0. The number of rotatable bonds is 4. The van der Waals surface area contributed by atoms with Crippen molar-refractivity contribution in [3.8, 4) is 0 Å². The van der Waals surface area contributed by atoms with E-state index in [2.05, 4.69) is 15.3 Å². The number of amides is 1. The Balaban J connectivity index is 2.15. The van der Waals surface area contributed by atoms with Gasteiger partial charge in [-0.05, 0) is 0 Å². The summed E-state index contributed by atoms with van der Waals surface area (Å²) in [4.78, 5) is 17.8. The lowest BCUT2D eigenvalue weighted by atomic mass is 10.4. The summed E-state index contributed by atoms with van der Waals surface area (Å²) in [6.07, 6.45) is 4.78. The normalized spacial score (nSPS) is 9.75. The highest BCUT2D eigenvalue weighted by molar-refractivity contribution is 5.75. The number of aromatic nitrogens is 2. The fraction of sp³-hybridized carbons (Fsp3) is 0.500. The minimum atomic E-state index is 0.0848. The molecule has 1 amide bonds. The summed E-state index contributed by atoms with van der Waals surface area (Å²) in [6, 6.07) is 0. The second-order valence-corrected chi connectivity index (χ2v) is 2.49. The van der Waals surface area contributed by atoms with E-state index in [0.29, 0.717) is 13.0 Å². The van der Waals surface area contributed by atoms with Gasteiger partial charge in [0.25, 0.3) is 0 Å². The molecule has 12 heavy (non-hydrogen) atoms. The molecular weight excluding hydrogens is 154 g/mol. The maximum atomic E-state index is 10.8. The Labute approximate surface area is 71.4 Å². The van der Waals surface area contributed by atoms with E-state index >= 15 is 0 Å². The van der Waals surface area contributed by atoms with Gasteiger partial charge in [0, 0.05) is 31.8 Å². The van der Waals surface area contributed by atoms with E-state index in [1.165, 1.54) is 0 Å². The Morgan fingerprint density at radius 3 is 3.17 bits per heavy atom. The number of carbonyl (C=O) groups excluding carboxylic acids is 1. The van der Waals surface area contributed by atoms with Crippen LogP contribution in [0.5, 0.6) is 0 Å². The number of hydrogen-bond acceptors (Lipinski definition) is 2. The molecule has 0 unspecified atom stereocenters. The first kappa shape index (κ1) is 8.77. The van der Waals surface area contributed by atoms with Crippen molar-refractivity contribution in [1.82, 2.24) is 15.3 Å². The van der Waals surface area contributed by atoms with Gasteiger partial charge in [0.2, 0.25) is 5.91 Å². The SMILES string of the molecule is CCC(=O)NCCc1ncc[nH]1. The molecule has 0 atom stereocenters. The number of imidazole rings is 1. The van der Waals surface area contributed by atoms with Gasteiger partial charge in [0.1, 0.15) is 5.82 Å². The number of aromatic amines is 1. The minimum Gasteiger partial charge on any atom is -0.356 e. The van der Waals surface area contributed by atoms with Crippen LogP contribution < -0.4 is 5.32 Å². The predicted octanol–water partition coefficient (Wildman–Crippen LogP) is 0.478. The molecule has 66 valence electrons. The summed E-state index contributed by atoms with van der Waals surface area (Å²) in [5.74, 6) is 0.993. The topological polar surface area (TPSA) is 57.8 Å². The fourth-order valence-electron chi connectivity index (χ4n) is 0.880. The zero-order valence-electron chi connectivity index (χ0n) is 7.13. The smallest absolute Gasteiger partial charge is 0.219 e. The second-order valence-electron chi connectivity index (χ2n) is 2.49. The Kier molecular flexibility index (Phi) is 3.32. The molecule has 1 aromatic heterocycles. The molecule has 4 nitrogen and oxygen atoms in total. The van der Waals surface area contributed by atoms with Crippen molar-refractivity contribution in [2.24, 2.45) is 0 Å². The van der Waals surface area contributed by atoms with Crippen molar-refractivity contribution >= 4 is 5.91 Å². The Hall–Kier alpha value is -1.32. The molecule has 0 bridgehead atoms. The Bertz CT molecular complexity index is 230. The zero-order chi connectivity index (χ0) is 8.81. The third-order valence-corrected chi connectivity index (χ3v) is 1.56. The molecule has 4 heteroatoms. The molecule has 0 radical (unpaired) electrons. The largest absolute Gasteiger partial charge is 0.356 e. The highest BCUT2D eigenvalue weighted by atomic mass is 16.1. The highest BCUT2D eigenvalue weighted by Crippen LogP contribution is 1.88. The van der Waals surface area contributed by atoms with Crippen molar-refractivity contribution in [3.63, 3.8) is 0 Å². The average molecular weight is 167 g/mol. The Morgan fingerprint density at radius 1 is 1.75 bits per heavy atom. The van der Waals surface area contributed by atoms with Gasteiger partial charge < -0.3 is 10.3 Å². The first-order valence-corrected chi connectivity index (χ1v) is 4.08. The average Bonchev–Trinajstić information content (AvgIpc) is 2.57. The summed E-state index contributed by atoms with van der Waals surface area (Å²) in [6.45, 7) is 2.49. The molecule has 2 N–H and O–H groups in total. The molecule has 1 aromatic rings. The number of carbonyl (C=O) groups is 1. The molecular formula is C8H13N3O. The van der Waals surface area contributed by atoms with Crippen molar-refractivity contribution in [2.45, 2.75) is 19.8 Å². The molecule has 0 aliphatic heterocycles. The maximum Gasteiger partial charge on any atom is 0.219 e. The molecule has 0 fully saturated rings. The second kappa shape index (κ2) is 4.54. The van der Waals surface area contributed by atoms with E-state index < -0.39 is 0 Å². The van der Waals surface area contributed by atoms with Gasteiger partial charge in [0.15, 0.2) is 0 Å². The van der Waals surface area contributed by atoms with Gasteiger partial charge >= 0.3 is 0 Å². The molecule has 0 aliphatic rings. The van der Waals surface area contributed by atoms with Crippen molar-refractivity contribution in [2.75, 3.05) is 6.54 Å². The fourth-order valence-corrected chi connectivity index (χ4v) is 0.880. The van der Waals surface area contributed by atoms with Crippen LogP contribution in [-0.4, -0.2) is 22.4 Å². The zero-order valence-corrected chi connectivity index (χ0v) is 7.13. The van der Waals surface area contributed by atoms with Gasteiger partial charge in [-0.3, -0.25) is 4.79 Å². The monoisotopic (exact) mass is 167 g/mol. The summed E-state index contributed by atoms with van der Waals surface area (Å²) < 4.78 is 0. The lowest BCUT2D eigenvalue weighted by Gasteiger charge is -2.00. The van der Waals surface area contributed by atoms with Gasteiger partial charge in [-0.1, -0.05) is 6.92 Å². The quantitative estimate of drug-likeness (QED) is 0.685. The van der Waals surface area contributed by atoms with Crippen LogP contribution in [0.25, 0.3) is 0 Å². The molecule has 0 saturated heterocycles. The lowest BCUT2D eigenvalue weighted by Crippen LogP contribution is -2.24. The van der Waals surface area contributed by atoms with Crippen molar-refractivity contribution < 1.29 is 4.79 Å². The standard InChI is InChI=1S/C8H13N3O/c1-2-8(12)11-4-3-7-9-5-6-10-7/h5-6H,2-4H2,1H3,(H,9,10)(H,11,12). The van der Waals surface area contributed by atoms with E-state index in [1.54, 1.807) is 12.4 Å². The van der Waals surface area contributed by atoms with Crippen molar-refractivity contribution in [1.29, 1.82) is 0 Å². The molecule has 0 aromatic carbocycles. The van der Waals surface area contributed by atoms with Crippen LogP contribution in [-0.2, 0) is 11.2 Å². The van der Waals surface area contributed by atoms with Crippen LogP contribution in [0.15, 0.2) is 12.4 Å². The van der Waals surface area contributed by atoms with E-state index in [9.17, 15) is 4.79 Å². The number of H-pyrrole nitrogens is 1. The van der Waals surface area contributed by atoms with E-state index in [0.717, 1.165) is 12.2 Å². The van der Waals surface area contributed by atoms with Crippen LogP contribution in [0.3, 0.4) is 0 Å². The van der Waals surface area contributed by atoms with Gasteiger partial charge in [-0.2, -0.15) is 0 Å². The molecule has 0 aliphatic carbocycles. The molecule has 0 saturated carbocycles. The van der Waals surface area contributed by atoms with E-state index in [4.69, 9.17) is 0 Å². The minimum absolute atomic E-state index is 0.0848. The number of nitrogens with one attached hydrogen (secondary N) is 2. The maximum absolute atomic E-state index is 10.8. The van der Waals surface area contributed by atoms with E-state index in [-0.39, 0.29) is 5.91 Å². The van der Waals surface area contributed by atoms with Crippen LogP contribution in [0.4, 0.5) is 0 Å². The third-order valence-electron chi connectivity index (χ3n) is 1.56. The molecule has 1 heterocycles. The van der Waals surface area contributed by atoms with Gasteiger partial charge in [0.05, 0.1) is 0 Å². The first-order valence-electron chi connectivity index (χ1n) is 4.08. The predicted molar refractivity (Wildman–Crippen MR) is 45.6 cm³/mol. The number of hydrogen-bond donors (Lipinski definition) is 2. The highest BCUT2D eigenvalue weighted by Gasteiger charge is 1.97. The summed E-state index contributed by atoms with van der Waals surface area (Å²) in [7, 11) is 0. The molecule has 0 spiro atoms. The van der Waals surface area contributed by atoms with Crippen LogP contribution in [0.2, 0.25) is 0 Å². The first-order chi connectivity index (χ1) is 5.83. The number of nitrogens with zero attached hydrogens (tertiary/aromatic N) is 1. The van der Waals surface area contributed by atoms with E-state index in [1.807, 2.05) is 6.92 Å². The van der Waals surface area contributed by atoms with Gasteiger partial charge in [-0.15, -0.1) is 0 Å². The summed E-state index contributed by atoms with van der Waals surface area (Å²) in [5, 5.41) is 2.77.